The standard InChI is InChI=1S/C28H20N4O5/c1-15-7-8-16(2)23(11-15)32-26(34)18-10-9-17(12-19(18)27(32)35)28(36)37-14-24(33)20(13-29)25-30-21-5-3-4-6-22(21)31-25/h3-12,33H,14H2,1-2H3,(H,30,31). The van der Waals surface area contributed by atoms with E-state index in [1.54, 1.807) is 30.3 Å². The fourth-order valence-electron chi connectivity index (χ4n) is 4.16. The Morgan fingerprint density at radius 3 is 2.57 bits per heavy atom. The van der Waals surface area contributed by atoms with Gasteiger partial charge >= 0.3 is 5.97 Å². The number of aliphatic hydroxyl groups excluding tert-OH is 1. The molecule has 0 unspecified atom stereocenters. The van der Waals surface area contributed by atoms with Gasteiger partial charge < -0.3 is 14.8 Å². The average molecular weight is 492 g/mol. The molecule has 5 rings (SSSR count). The number of fused-ring (bicyclic) bond motifs is 2. The maximum atomic E-state index is 13.1. The van der Waals surface area contributed by atoms with Crippen molar-refractivity contribution in [2.75, 3.05) is 11.5 Å². The lowest BCUT2D eigenvalue weighted by Crippen LogP contribution is -2.30. The van der Waals surface area contributed by atoms with E-state index in [4.69, 9.17) is 4.74 Å². The van der Waals surface area contributed by atoms with Crippen LogP contribution >= 0.6 is 0 Å². The average Bonchev–Trinajstić information content (AvgIpc) is 3.42. The monoisotopic (exact) mass is 492 g/mol. The van der Waals surface area contributed by atoms with E-state index >= 15 is 0 Å². The smallest absolute Gasteiger partial charge is 0.338 e. The first-order valence-corrected chi connectivity index (χ1v) is 11.3. The van der Waals surface area contributed by atoms with Crippen LogP contribution in [0.3, 0.4) is 0 Å². The molecule has 3 aromatic carbocycles. The van der Waals surface area contributed by atoms with Gasteiger partial charge in [-0.1, -0.05) is 24.3 Å². The van der Waals surface area contributed by atoms with Crippen molar-refractivity contribution >= 4 is 40.1 Å². The second-order valence-electron chi connectivity index (χ2n) is 8.61. The van der Waals surface area contributed by atoms with Gasteiger partial charge in [-0.3, -0.25) is 9.59 Å². The third kappa shape index (κ3) is 4.10. The number of nitrogens with one attached hydrogen (secondary N) is 1. The maximum absolute atomic E-state index is 13.1. The summed E-state index contributed by atoms with van der Waals surface area (Å²) in [6.07, 6.45) is 0. The number of para-hydroxylation sites is 2. The van der Waals surface area contributed by atoms with Crippen molar-refractivity contribution in [1.29, 1.82) is 5.26 Å². The Hall–Kier alpha value is -5.23. The van der Waals surface area contributed by atoms with E-state index < -0.39 is 30.1 Å². The fraction of sp³-hybridized carbons (Fsp3) is 0.107. The first-order valence-electron chi connectivity index (χ1n) is 11.3. The molecule has 2 N–H and O–H groups in total. The normalized spacial score (nSPS) is 13.4. The molecule has 37 heavy (non-hydrogen) atoms. The Kier molecular flexibility index (Phi) is 5.78. The van der Waals surface area contributed by atoms with Crippen LogP contribution in [0, 0.1) is 25.2 Å². The summed E-state index contributed by atoms with van der Waals surface area (Å²) < 4.78 is 5.19. The Bertz CT molecular complexity index is 1660. The number of H-pyrrole nitrogens is 1. The number of nitriles is 1. The molecular weight excluding hydrogens is 472 g/mol. The summed E-state index contributed by atoms with van der Waals surface area (Å²) in [5.74, 6) is -2.18. The molecule has 0 radical (unpaired) electrons. The third-order valence-electron chi connectivity index (χ3n) is 6.09. The second-order valence-corrected chi connectivity index (χ2v) is 8.61. The minimum atomic E-state index is -0.832. The summed E-state index contributed by atoms with van der Waals surface area (Å²) in [6.45, 7) is 3.09. The number of aromatic amines is 1. The van der Waals surface area contributed by atoms with Gasteiger partial charge in [0.15, 0.2) is 11.6 Å². The van der Waals surface area contributed by atoms with Crippen LogP contribution in [0.4, 0.5) is 5.69 Å². The van der Waals surface area contributed by atoms with Crippen LogP contribution in [0.1, 0.15) is 48.0 Å². The SMILES string of the molecule is Cc1ccc(C)c(N2C(=O)c3ccc(C(=O)OCC(O)=C(C#N)c4nc5ccccc5[nH]4)cc3C2=O)c1. The summed E-state index contributed by atoms with van der Waals surface area (Å²) in [5.41, 5.74) is 3.57. The van der Waals surface area contributed by atoms with Gasteiger partial charge in [0.1, 0.15) is 18.2 Å². The zero-order valence-electron chi connectivity index (χ0n) is 19.9. The molecule has 9 nitrogen and oxygen atoms in total. The Morgan fingerprint density at radius 2 is 1.81 bits per heavy atom. The molecule has 0 fully saturated rings. The van der Waals surface area contributed by atoms with Crippen LogP contribution in [-0.4, -0.2) is 39.5 Å². The molecule has 0 atom stereocenters. The first-order chi connectivity index (χ1) is 17.8. The summed E-state index contributed by atoms with van der Waals surface area (Å²) in [7, 11) is 0. The number of esters is 1. The number of amides is 2. The summed E-state index contributed by atoms with van der Waals surface area (Å²) in [6, 6.07) is 18.6. The van der Waals surface area contributed by atoms with Gasteiger partial charge in [-0.2, -0.15) is 5.26 Å². The van der Waals surface area contributed by atoms with Gasteiger partial charge in [-0.05, 0) is 61.4 Å². The topological polar surface area (TPSA) is 136 Å². The molecule has 2 amide bonds. The highest BCUT2D eigenvalue weighted by molar-refractivity contribution is 6.35. The molecule has 0 spiro atoms. The molecule has 4 aromatic rings. The second kappa shape index (κ2) is 9.09. The zero-order chi connectivity index (χ0) is 26.3. The number of hydrogen-bond acceptors (Lipinski definition) is 7. The number of aliphatic hydroxyl groups is 1. The number of carbonyl (C=O) groups is 3. The molecule has 2 heterocycles. The number of carbonyl (C=O) groups excluding carboxylic acids is 3. The number of hydrogen-bond donors (Lipinski definition) is 2. The molecule has 0 bridgehead atoms. The fourth-order valence-corrected chi connectivity index (χ4v) is 4.16. The quantitative estimate of drug-likeness (QED) is 0.179. The molecule has 0 aliphatic carbocycles. The van der Waals surface area contributed by atoms with Crippen LogP contribution < -0.4 is 4.90 Å². The molecular formula is C28H20N4O5. The van der Waals surface area contributed by atoms with Crippen LogP contribution in [0.5, 0.6) is 0 Å². The lowest BCUT2D eigenvalue weighted by atomic mass is 10.1. The number of aryl methyl sites for hydroxylation is 2. The van der Waals surface area contributed by atoms with Gasteiger partial charge in [-0.25, -0.2) is 14.7 Å². The third-order valence-corrected chi connectivity index (χ3v) is 6.09. The van der Waals surface area contributed by atoms with Crippen molar-refractivity contribution < 1.29 is 24.2 Å². The summed E-state index contributed by atoms with van der Waals surface area (Å²) in [4.78, 5) is 47.1. The van der Waals surface area contributed by atoms with E-state index in [9.17, 15) is 24.8 Å². The molecule has 1 aliphatic heterocycles. The van der Waals surface area contributed by atoms with Crippen molar-refractivity contribution in [3.05, 3.63) is 100 Å². The van der Waals surface area contributed by atoms with Gasteiger partial charge in [0.2, 0.25) is 0 Å². The van der Waals surface area contributed by atoms with E-state index in [1.807, 2.05) is 32.0 Å². The van der Waals surface area contributed by atoms with Crippen molar-refractivity contribution in [2.24, 2.45) is 0 Å². The Morgan fingerprint density at radius 1 is 1.05 bits per heavy atom. The lowest BCUT2D eigenvalue weighted by Gasteiger charge is -2.17. The number of imidazole rings is 1. The number of imide groups is 1. The predicted molar refractivity (Wildman–Crippen MR) is 135 cm³/mol. The van der Waals surface area contributed by atoms with Crippen molar-refractivity contribution in [1.82, 2.24) is 9.97 Å². The number of aromatic nitrogens is 2. The molecule has 1 aliphatic rings. The van der Waals surface area contributed by atoms with E-state index in [1.165, 1.54) is 18.2 Å². The molecule has 0 saturated carbocycles. The molecule has 9 heteroatoms. The van der Waals surface area contributed by atoms with Gasteiger partial charge in [0.05, 0.1) is 33.4 Å². The molecule has 182 valence electrons. The van der Waals surface area contributed by atoms with E-state index in [0.29, 0.717) is 16.7 Å². The highest BCUT2D eigenvalue weighted by atomic mass is 16.5. The number of anilines is 1. The number of ether oxygens (including phenoxy) is 1. The summed E-state index contributed by atoms with van der Waals surface area (Å²) in [5, 5.41) is 20.0. The van der Waals surface area contributed by atoms with Crippen LogP contribution in [0.2, 0.25) is 0 Å². The first kappa shape index (κ1) is 23.5. The maximum Gasteiger partial charge on any atom is 0.338 e. The van der Waals surface area contributed by atoms with Crippen LogP contribution in [0.25, 0.3) is 16.6 Å². The molecule has 1 aromatic heterocycles. The van der Waals surface area contributed by atoms with Gasteiger partial charge in [0.25, 0.3) is 11.8 Å². The minimum absolute atomic E-state index is 0.0257. The number of benzene rings is 3. The van der Waals surface area contributed by atoms with Crippen molar-refractivity contribution in [3.8, 4) is 6.07 Å². The van der Waals surface area contributed by atoms with Gasteiger partial charge in [0, 0.05) is 0 Å². The van der Waals surface area contributed by atoms with Crippen molar-refractivity contribution in [3.63, 3.8) is 0 Å². The Balaban J connectivity index is 1.36. The highest BCUT2D eigenvalue weighted by Crippen LogP contribution is 2.32. The molecule has 0 saturated heterocycles. The number of rotatable bonds is 5. The van der Waals surface area contributed by atoms with E-state index in [0.717, 1.165) is 16.0 Å². The van der Waals surface area contributed by atoms with Crippen LogP contribution in [0.15, 0.2) is 66.4 Å². The minimum Gasteiger partial charge on any atom is -0.507 e. The van der Waals surface area contributed by atoms with Crippen molar-refractivity contribution in [2.45, 2.75) is 13.8 Å². The Labute approximate surface area is 211 Å². The highest BCUT2D eigenvalue weighted by Gasteiger charge is 2.38. The van der Waals surface area contributed by atoms with Gasteiger partial charge in [-0.15, -0.1) is 0 Å². The lowest BCUT2D eigenvalue weighted by molar-refractivity contribution is 0.0502. The summed E-state index contributed by atoms with van der Waals surface area (Å²) >= 11 is 0. The van der Waals surface area contributed by atoms with E-state index in [-0.39, 0.29) is 28.1 Å². The number of allylic oxidation sites excluding steroid dienone is 1. The zero-order valence-corrected chi connectivity index (χ0v) is 19.9. The van der Waals surface area contributed by atoms with Crippen LogP contribution in [-0.2, 0) is 4.74 Å². The largest absolute Gasteiger partial charge is 0.507 e. The number of nitrogens with zero attached hydrogens (tertiary/aromatic N) is 3. The predicted octanol–water partition coefficient (Wildman–Crippen LogP) is 4.63. The van der Waals surface area contributed by atoms with E-state index in [2.05, 4.69) is 9.97 Å².